The summed E-state index contributed by atoms with van der Waals surface area (Å²) in [6.07, 6.45) is 0. The van der Waals surface area contributed by atoms with Crippen molar-refractivity contribution in [2.45, 2.75) is 6.92 Å². The molecule has 0 N–H and O–H groups in total. The van der Waals surface area contributed by atoms with Gasteiger partial charge in [0, 0.05) is 0 Å². The van der Waals surface area contributed by atoms with Gasteiger partial charge in [-0.15, -0.1) is 29.7 Å². The second kappa shape index (κ2) is 10.2. The first kappa shape index (κ1) is 19.6. The van der Waals surface area contributed by atoms with Crippen LogP contribution < -0.4 is 24.8 Å². The monoisotopic (exact) mass is 316 g/mol. The second-order valence-corrected chi connectivity index (χ2v) is 3.62. The van der Waals surface area contributed by atoms with Crippen molar-refractivity contribution in [3.8, 4) is 0 Å². The fourth-order valence-electron chi connectivity index (χ4n) is 1.54. The zero-order valence-corrected chi connectivity index (χ0v) is 12.8. The van der Waals surface area contributed by atoms with Crippen molar-refractivity contribution in [1.29, 1.82) is 0 Å². The quantitative estimate of drug-likeness (QED) is 0.433. The molecule has 0 aliphatic heterocycles. The van der Waals surface area contributed by atoms with Crippen molar-refractivity contribution < 1.29 is 42.2 Å². The predicted octanol–water partition coefficient (Wildman–Crippen LogP) is -1.72. The Hall–Kier alpha value is -0.708. The summed E-state index contributed by atoms with van der Waals surface area (Å²) in [5.74, 6) is 0. The van der Waals surface area contributed by atoms with Gasteiger partial charge in [-0.25, -0.2) is 11.6 Å². The van der Waals surface area contributed by atoms with Gasteiger partial charge in [0.1, 0.15) is 0 Å². The molecular formula is C15H14Cl2Cr. The molecule has 0 bridgehead atoms. The van der Waals surface area contributed by atoms with Gasteiger partial charge in [0.05, 0.1) is 0 Å². The molecule has 0 aromatic heterocycles. The van der Waals surface area contributed by atoms with E-state index in [0.717, 1.165) is 0 Å². The largest absolute Gasteiger partial charge is 4.00 e. The summed E-state index contributed by atoms with van der Waals surface area (Å²) in [6, 6.07) is 22.9. The molecule has 3 rings (SSSR count). The Bertz CT molecular complexity index is 482. The zero-order valence-electron chi connectivity index (χ0n) is 10.0. The van der Waals surface area contributed by atoms with Gasteiger partial charge in [0.15, 0.2) is 0 Å². The summed E-state index contributed by atoms with van der Waals surface area (Å²) in [7, 11) is 0. The third-order valence-corrected chi connectivity index (χ3v) is 2.38. The normalized spacial score (nSPS) is 8.06. The maximum Gasteiger partial charge on any atom is 4.00 e. The van der Waals surface area contributed by atoms with Gasteiger partial charge < -0.3 is 24.8 Å². The average Bonchev–Trinajstić information content (AvgIpc) is 2.88. The van der Waals surface area contributed by atoms with Crippen LogP contribution in [0.1, 0.15) is 5.56 Å². The predicted molar refractivity (Wildman–Crippen MR) is 66.3 cm³/mol. The minimum atomic E-state index is 0. The Kier molecular flexibility index (Phi) is 11.2. The maximum atomic E-state index is 2.12. The van der Waals surface area contributed by atoms with Crippen LogP contribution in [0.25, 0.3) is 10.8 Å². The number of rotatable bonds is 0. The first-order chi connectivity index (χ1) is 7.36. The fourth-order valence-corrected chi connectivity index (χ4v) is 1.54. The van der Waals surface area contributed by atoms with Crippen LogP contribution in [0.15, 0.2) is 66.7 Å². The van der Waals surface area contributed by atoms with Gasteiger partial charge in [-0.2, -0.15) is 35.7 Å². The SMILES string of the molecule is Cc1cc[cH-]c1.[Cl-].[Cl-].[Cr+4].c1ccc2[cH-]ccc2c1. The van der Waals surface area contributed by atoms with Crippen LogP contribution in [0.4, 0.5) is 0 Å². The topological polar surface area (TPSA) is 0 Å². The summed E-state index contributed by atoms with van der Waals surface area (Å²) in [4.78, 5) is 0. The third-order valence-electron chi connectivity index (χ3n) is 2.38. The molecule has 0 spiro atoms. The third kappa shape index (κ3) is 5.76. The van der Waals surface area contributed by atoms with Crippen LogP contribution in [0.3, 0.4) is 0 Å². The van der Waals surface area contributed by atoms with E-state index in [1.807, 2.05) is 12.1 Å². The summed E-state index contributed by atoms with van der Waals surface area (Å²) in [5.41, 5.74) is 1.34. The van der Waals surface area contributed by atoms with E-state index in [1.165, 1.54) is 16.3 Å². The van der Waals surface area contributed by atoms with E-state index in [1.54, 1.807) is 0 Å². The first-order valence-corrected chi connectivity index (χ1v) is 5.15. The Balaban J connectivity index is 0. The maximum absolute atomic E-state index is 2.12. The number of fused-ring (bicyclic) bond motifs is 1. The zero-order chi connectivity index (χ0) is 10.5. The van der Waals surface area contributed by atoms with E-state index < -0.39 is 0 Å². The molecule has 0 heterocycles. The molecule has 0 amide bonds. The molecule has 3 heteroatoms. The molecule has 0 fully saturated rings. The first-order valence-electron chi connectivity index (χ1n) is 5.15. The molecule has 0 saturated carbocycles. The summed E-state index contributed by atoms with van der Waals surface area (Å²) < 4.78 is 0. The van der Waals surface area contributed by atoms with Crippen molar-refractivity contribution >= 4 is 10.8 Å². The van der Waals surface area contributed by atoms with E-state index in [-0.39, 0.29) is 42.2 Å². The van der Waals surface area contributed by atoms with E-state index in [4.69, 9.17) is 0 Å². The molecule has 3 aromatic carbocycles. The van der Waals surface area contributed by atoms with Gasteiger partial charge in [-0.3, -0.25) is 0 Å². The number of benzene rings is 1. The molecular weight excluding hydrogens is 303 g/mol. The minimum Gasteiger partial charge on any atom is -1.00 e. The van der Waals surface area contributed by atoms with Crippen LogP contribution in [0.2, 0.25) is 0 Å². The van der Waals surface area contributed by atoms with Crippen molar-refractivity contribution in [3.05, 3.63) is 72.3 Å². The van der Waals surface area contributed by atoms with Crippen molar-refractivity contribution in [1.82, 2.24) is 0 Å². The molecule has 0 radical (unpaired) electrons. The molecule has 0 aliphatic rings. The van der Waals surface area contributed by atoms with Crippen LogP contribution in [-0.4, -0.2) is 0 Å². The Morgan fingerprint density at radius 1 is 0.889 bits per heavy atom. The molecule has 0 atom stereocenters. The standard InChI is InChI=1S/C9H7.C6H7.2ClH.Cr/c1-2-5-9-7-3-6-8(9)4-1;1-6-4-2-3-5-6;;;/h1-7H;2-5H,1H3;2*1H;/q2*-1;;;+4/p-2. The van der Waals surface area contributed by atoms with Crippen LogP contribution in [-0.2, 0) is 17.4 Å². The minimum absolute atomic E-state index is 0. The number of hydrogen-bond donors (Lipinski definition) is 0. The van der Waals surface area contributed by atoms with Crippen LogP contribution >= 0.6 is 0 Å². The summed E-state index contributed by atoms with van der Waals surface area (Å²) in [5, 5.41) is 2.66. The Morgan fingerprint density at radius 2 is 1.61 bits per heavy atom. The molecule has 0 aliphatic carbocycles. The molecule has 0 nitrogen and oxygen atoms in total. The van der Waals surface area contributed by atoms with Gasteiger partial charge in [-0.05, 0) is 0 Å². The second-order valence-electron chi connectivity index (χ2n) is 3.62. The summed E-state index contributed by atoms with van der Waals surface area (Å²) in [6.45, 7) is 2.08. The smallest absolute Gasteiger partial charge is 1.00 e. The van der Waals surface area contributed by atoms with Gasteiger partial charge in [-0.1, -0.05) is 13.0 Å². The van der Waals surface area contributed by atoms with Gasteiger partial charge in [0.25, 0.3) is 0 Å². The van der Waals surface area contributed by atoms with Gasteiger partial charge >= 0.3 is 17.4 Å². The number of hydrogen-bond acceptors (Lipinski definition) is 0. The van der Waals surface area contributed by atoms with Gasteiger partial charge in [0.2, 0.25) is 0 Å². The molecule has 94 valence electrons. The molecule has 18 heavy (non-hydrogen) atoms. The molecule has 0 unspecified atom stereocenters. The van der Waals surface area contributed by atoms with Crippen molar-refractivity contribution in [3.63, 3.8) is 0 Å². The van der Waals surface area contributed by atoms with E-state index in [9.17, 15) is 0 Å². The molecule has 0 saturated heterocycles. The summed E-state index contributed by atoms with van der Waals surface area (Å²) >= 11 is 0. The van der Waals surface area contributed by atoms with Crippen LogP contribution in [0.5, 0.6) is 0 Å². The van der Waals surface area contributed by atoms with E-state index >= 15 is 0 Å². The van der Waals surface area contributed by atoms with Crippen molar-refractivity contribution in [2.75, 3.05) is 0 Å². The van der Waals surface area contributed by atoms with E-state index in [0.29, 0.717) is 0 Å². The number of halogens is 2. The Labute approximate surface area is 132 Å². The fraction of sp³-hybridized carbons (Fsp3) is 0.0667. The van der Waals surface area contributed by atoms with E-state index in [2.05, 4.69) is 61.5 Å². The Morgan fingerprint density at radius 3 is 2.11 bits per heavy atom. The number of aryl methyl sites for hydroxylation is 1. The van der Waals surface area contributed by atoms with Crippen LogP contribution in [0, 0.1) is 6.92 Å². The molecule has 3 aromatic rings. The average molecular weight is 317 g/mol. The van der Waals surface area contributed by atoms with Crippen molar-refractivity contribution in [2.24, 2.45) is 0 Å².